The van der Waals surface area contributed by atoms with Gasteiger partial charge in [0.15, 0.2) is 0 Å². The predicted octanol–water partition coefficient (Wildman–Crippen LogP) is 1.50. The van der Waals surface area contributed by atoms with E-state index in [1.165, 1.54) is 32.2 Å². The number of piperidine rings is 1. The zero-order chi connectivity index (χ0) is 13.1. The van der Waals surface area contributed by atoms with Gasteiger partial charge in [-0.3, -0.25) is 4.90 Å². The molecule has 0 bridgehead atoms. The molecule has 4 heteroatoms. The first-order chi connectivity index (χ1) is 8.88. The minimum Gasteiger partial charge on any atom is -0.382 e. The highest BCUT2D eigenvalue weighted by molar-refractivity contribution is 4.78. The summed E-state index contributed by atoms with van der Waals surface area (Å²) in [5.41, 5.74) is 0. The molecule has 1 fully saturated rings. The Morgan fingerprint density at radius 2 is 2.11 bits per heavy atom. The maximum Gasteiger partial charge on any atom is 0.0700 e. The van der Waals surface area contributed by atoms with Crippen LogP contribution >= 0.6 is 0 Å². The first kappa shape index (κ1) is 15.9. The fourth-order valence-electron chi connectivity index (χ4n) is 2.46. The van der Waals surface area contributed by atoms with E-state index in [-0.39, 0.29) is 0 Å². The number of ether oxygens (including phenoxy) is 2. The molecule has 0 saturated carbocycles. The fraction of sp³-hybridized carbons (Fsp3) is 1.00. The van der Waals surface area contributed by atoms with Crippen molar-refractivity contribution in [2.24, 2.45) is 0 Å². The van der Waals surface area contributed by atoms with Gasteiger partial charge in [0, 0.05) is 26.2 Å². The van der Waals surface area contributed by atoms with Crippen molar-refractivity contribution >= 4 is 0 Å². The van der Waals surface area contributed by atoms with Gasteiger partial charge in [-0.25, -0.2) is 0 Å². The van der Waals surface area contributed by atoms with Crippen molar-refractivity contribution in [1.82, 2.24) is 10.2 Å². The maximum absolute atomic E-state index is 5.56. The van der Waals surface area contributed by atoms with Crippen molar-refractivity contribution in [3.63, 3.8) is 0 Å². The molecule has 0 aromatic heterocycles. The largest absolute Gasteiger partial charge is 0.382 e. The van der Waals surface area contributed by atoms with Gasteiger partial charge in [-0.1, -0.05) is 13.3 Å². The van der Waals surface area contributed by atoms with Gasteiger partial charge in [0.25, 0.3) is 0 Å². The van der Waals surface area contributed by atoms with Crippen molar-refractivity contribution in [2.45, 2.75) is 38.6 Å². The monoisotopic (exact) mass is 258 g/mol. The molecule has 1 atom stereocenters. The number of methoxy groups -OCH3 is 1. The Bertz CT molecular complexity index is 191. The lowest BCUT2D eigenvalue weighted by atomic mass is 10.0. The molecule has 4 nitrogen and oxygen atoms in total. The molecule has 0 radical (unpaired) electrons. The summed E-state index contributed by atoms with van der Waals surface area (Å²) in [6.45, 7) is 9.00. The third kappa shape index (κ3) is 6.69. The van der Waals surface area contributed by atoms with Crippen LogP contribution in [-0.4, -0.2) is 64.1 Å². The minimum absolute atomic E-state index is 0.696. The second-order valence-electron chi connectivity index (χ2n) is 4.99. The molecule has 108 valence electrons. The summed E-state index contributed by atoms with van der Waals surface area (Å²) in [7, 11) is 1.71. The number of rotatable bonds is 10. The topological polar surface area (TPSA) is 33.7 Å². The Morgan fingerprint density at radius 1 is 1.22 bits per heavy atom. The van der Waals surface area contributed by atoms with Gasteiger partial charge in [0.2, 0.25) is 0 Å². The van der Waals surface area contributed by atoms with E-state index < -0.39 is 0 Å². The molecule has 0 spiro atoms. The first-order valence-corrected chi connectivity index (χ1v) is 7.40. The van der Waals surface area contributed by atoms with Gasteiger partial charge >= 0.3 is 0 Å². The Balaban J connectivity index is 2.13. The molecule has 1 aliphatic heterocycles. The van der Waals surface area contributed by atoms with Crippen molar-refractivity contribution < 1.29 is 9.47 Å². The van der Waals surface area contributed by atoms with Crippen LogP contribution in [0.3, 0.4) is 0 Å². The molecule has 1 heterocycles. The summed E-state index contributed by atoms with van der Waals surface area (Å²) in [6.07, 6.45) is 5.25. The van der Waals surface area contributed by atoms with Crippen molar-refractivity contribution in [3.05, 3.63) is 0 Å². The van der Waals surface area contributed by atoms with E-state index in [0.29, 0.717) is 19.3 Å². The third-order valence-electron chi connectivity index (χ3n) is 3.51. The molecule has 0 aromatic carbocycles. The highest BCUT2D eigenvalue weighted by Gasteiger charge is 2.21. The molecule has 1 N–H and O–H groups in total. The van der Waals surface area contributed by atoms with E-state index in [4.69, 9.17) is 9.47 Å². The van der Waals surface area contributed by atoms with Gasteiger partial charge in [-0.05, 0) is 32.4 Å². The van der Waals surface area contributed by atoms with Gasteiger partial charge in [-0.2, -0.15) is 0 Å². The maximum atomic E-state index is 5.56. The van der Waals surface area contributed by atoms with Gasteiger partial charge in [0.1, 0.15) is 0 Å². The fourth-order valence-corrected chi connectivity index (χ4v) is 2.46. The van der Waals surface area contributed by atoms with E-state index in [0.717, 1.165) is 26.2 Å². The highest BCUT2D eigenvalue weighted by atomic mass is 16.5. The summed E-state index contributed by atoms with van der Waals surface area (Å²) >= 11 is 0. The lowest BCUT2D eigenvalue weighted by Gasteiger charge is -2.35. The average molecular weight is 258 g/mol. The first-order valence-electron chi connectivity index (χ1n) is 7.40. The van der Waals surface area contributed by atoms with Gasteiger partial charge in [-0.15, -0.1) is 0 Å². The van der Waals surface area contributed by atoms with Crippen LogP contribution in [0.5, 0.6) is 0 Å². The standard InChI is InChI=1S/C14H30N2O2/c1-3-7-15-13-14-6-4-5-8-16(14)9-10-18-12-11-17-2/h14-15H,3-13H2,1-2H3. The Hall–Kier alpha value is -0.160. The summed E-state index contributed by atoms with van der Waals surface area (Å²) < 4.78 is 10.5. The summed E-state index contributed by atoms with van der Waals surface area (Å²) in [4.78, 5) is 2.58. The Morgan fingerprint density at radius 3 is 2.89 bits per heavy atom. The lowest BCUT2D eigenvalue weighted by molar-refractivity contribution is 0.0424. The van der Waals surface area contributed by atoms with E-state index in [2.05, 4.69) is 17.1 Å². The second-order valence-corrected chi connectivity index (χ2v) is 4.99. The van der Waals surface area contributed by atoms with Crippen LogP contribution in [0.25, 0.3) is 0 Å². The number of hydrogen-bond acceptors (Lipinski definition) is 4. The minimum atomic E-state index is 0.696. The Labute approximate surface area is 112 Å². The van der Waals surface area contributed by atoms with Crippen LogP contribution in [0, 0.1) is 0 Å². The predicted molar refractivity (Wildman–Crippen MR) is 75.1 cm³/mol. The molecule has 1 saturated heterocycles. The van der Waals surface area contributed by atoms with Gasteiger partial charge in [0.05, 0.1) is 19.8 Å². The SMILES string of the molecule is CCCNCC1CCCCN1CCOCCOC. The van der Waals surface area contributed by atoms with Crippen LogP contribution < -0.4 is 5.32 Å². The van der Waals surface area contributed by atoms with Gasteiger partial charge < -0.3 is 14.8 Å². The lowest BCUT2D eigenvalue weighted by Crippen LogP contribution is -2.46. The normalized spacial score (nSPS) is 21.3. The van der Waals surface area contributed by atoms with Crippen LogP contribution in [0.4, 0.5) is 0 Å². The molecule has 1 rings (SSSR count). The van der Waals surface area contributed by atoms with E-state index in [1.807, 2.05) is 0 Å². The zero-order valence-electron chi connectivity index (χ0n) is 12.1. The van der Waals surface area contributed by atoms with Crippen molar-refractivity contribution in [1.29, 1.82) is 0 Å². The number of nitrogens with zero attached hydrogens (tertiary/aromatic N) is 1. The van der Waals surface area contributed by atoms with Crippen LogP contribution in [0.2, 0.25) is 0 Å². The molecular weight excluding hydrogens is 228 g/mol. The number of hydrogen-bond donors (Lipinski definition) is 1. The average Bonchev–Trinajstić information content (AvgIpc) is 2.40. The van der Waals surface area contributed by atoms with Crippen LogP contribution in [-0.2, 0) is 9.47 Å². The van der Waals surface area contributed by atoms with E-state index >= 15 is 0 Å². The number of nitrogens with one attached hydrogen (secondary N) is 1. The zero-order valence-corrected chi connectivity index (χ0v) is 12.1. The smallest absolute Gasteiger partial charge is 0.0700 e. The molecular formula is C14H30N2O2. The number of likely N-dealkylation sites (tertiary alicyclic amines) is 1. The molecule has 1 unspecified atom stereocenters. The third-order valence-corrected chi connectivity index (χ3v) is 3.51. The second kappa shape index (κ2) is 10.7. The Kier molecular flexibility index (Phi) is 9.48. The summed E-state index contributed by atoms with van der Waals surface area (Å²) in [6, 6.07) is 0.705. The highest BCUT2D eigenvalue weighted by Crippen LogP contribution is 2.15. The van der Waals surface area contributed by atoms with Crippen molar-refractivity contribution in [2.75, 3.05) is 53.1 Å². The molecule has 0 aliphatic carbocycles. The molecule has 18 heavy (non-hydrogen) atoms. The van der Waals surface area contributed by atoms with Crippen LogP contribution in [0.15, 0.2) is 0 Å². The van der Waals surface area contributed by atoms with E-state index in [1.54, 1.807) is 7.11 Å². The van der Waals surface area contributed by atoms with Crippen LogP contribution in [0.1, 0.15) is 32.6 Å². The van der Waals surface area contributed by atoms with Crippen molar-refractivity contribution in [3.8, 4) is 0 Å². The van der Waals surface area contributed by atoms with E-state index in [9.17, 15) is 0 Å². The molecule has 0 aromatic rings. The quantitative estimate of drug-likeness (QED) is 0.602. The summed E-state index contributed by atoms with van der Waals surface area (Å²) in [5.74, 6) is 0. The summed E-state index contributed by atoms with van der Waals surface area (Å²) in [5, 5.41) is 3.54. The molecule has 0 amide bonds. The molecule has 1 aliphatic rings.